The smallest absolute Gasteiger partial charge is 0.437 e. The largest absolute Gasteiger partial charge is 0.444 e. The standard InChI is InChI=1S/C29H27F3N6O5/c1-28(2,3)43-27(41)37(13-17-4-5-17)23-12-19(10-11-33-23)26-35-22(16-42-26)25(40)34-21-14-38(36-24(21)29(30,31)32)20-8-6-18(15-39)7-9-20/h6-12,14-17H,4-5,13H2,1-3H3,(H,34,40). The van der Waals surface area contributed by atoms with Crippen LogP contribution < -0.4 is 10.2 Å². The van der Waals surface area contributed by atoms with E-state index in [9.17, 15) is 27.6 Å². The van der Waals surface area contributed by atoms with Crippen LogP contribution in [0.2, 0.25) is 0 Å². The van der Waals surface area contributed by atoms with Gasteiger partial charge in [-0.2, -0.15) is 18.3 Å². The minimum Gasteiger partial charge on any atom is -0.444 e. The molecular formula is C29H27F3N6O5. The van der Waals surface area contributed by atoms with E-state index in [4.69, 9.17) is 9.15 Å². The number of carbonyl (C=O) groups excluding carboxylic acids is 3. The number of rotatable bonds is 8. The van der Waals surface area contributed by atoms with Crippen LogP contribution in [0.25, 0.3) is 17.1 Å². The summed E-state index contributed by atoms with van der Waals surface area (Å²) in [6, 6.07) is 8.81. The van der Waals surface area contributed by atoms with Gasteiger partial charge < -0.3 is 14.5 Å². The Balaban J connectivity index is 1.37. The molecule has 0 aliphatic heterocycles. The van der Waals surface area contributed by atoms with E-state index in [1.165, 1.54) is 35.4 Å². The molecule has 4 aromatic rings. The van der Waals surface area contributed by atoms with Gasteiger partial charge in [-0.15, -0.1) is 0 Å². The lowest BCUT2D eigenvalue weighted by atomic mass is 10.2. The lowest BCUT2D eigenvalue weighted by Crippen LogP contribution is -2.38. The number of ether oxygens (including phenoxy) is 1. The summed E-state index contributed by atoms with van der Waals surface area (Å²) in [6.07, 6.45) is 0.608. The number of benzene rings is 1. The average Bonchev–Trinajstić information content (AvgIpc) is 3.44. The fourth-order valence-electron chi connectivity index (χ4n) is 4.05. The third kappa shape index (κ3) is 7.08. The van der Waals surface area contributed by atoms with Crippen molar-refractivity contribution in [1.82, 2.24) is 19.7 Å². The molecule has 3 heterocycles. The van der Waals surface area contributed by atoms with Crippen molar-refractivity contribution in [2.45, 2.75) is 45.4 Å². The van der Waals surface area contributed by atoms with E-state index in [1.54, 1.807) is 32.9 Å². The van der Waals surface area contributed by atoms with Crippen molar-refractivity contribution in [2.24, 2.45) is 5.92 Å². The number of alkyl halides is 3. The quantitative estimate of drug-likeness (QED) is 0.239. The molecule has 1 aliphatic rings. The third-order valence-corrected chi connectivity index (χ3v) is 6.28. The Morgan fingerprint density at radius 1 is 1.16 bits per heavy atom. The number of carbonyl (C=O) groups is 3. The Hall–Kier alpha value is -5.01. The van der Waals surface area contributed by atoms with Crippen molar-refractivity contribution in [3.63, 3.8) is 0 Å². The molecule has 14 heteroatoms. The summed E-state index contributed by atoms with van der Waals surface area (Å²) in [4.78, 5) is 46.6. The highest BCUT2D eigenvalue weighted by Crippen LogP contribution is 2.35. The summed E-state index contributed by atoms with van der Waals surface area (Å²) in [7, 11) is 0. The molecule has 3 aromatic heterocycles. The number of oxazole rings is 1. The molecule has 224 valence electrons. The fourth-order valence-corrected chi connectivity index (χ4v) is 4.05. The topological polar surface area (TPSA) is 132 Å². The second kappa shape index (κ2) is 11.3. The molecule has 1 saturated carbocycles. The molecule has 1 N–H and O–H groups in total. The molecular weight excluding hydrogens is 569 g/mol. The van der Waals surface area contributed by atoms with Gasteiger partial charge in [0.2, 0.25) is 5.89 Å². The zero-order chi connectivity index (χ0) is 30.9. The predicted molar refractivity (Wildman–Crippen MR) is 148 cm³/mol. The monoisotopic (exact) mass is 596 g/mol. The number of aromatic nitrogens is 4. The van der Waals surface area contributed by atoms with E-state index in [1.807, 2.05) is 0 Å². The first kappa shape index (κ1) is 29.5. The maximum Gasteiger partial charge on any atom is 0.437 e. The molecule has 0 bridgehead atoms. The van der Waals surface area contributed by atoms with E-state index in [2.05, 4.69) is 20.4 Å². The van der Waals surface area contributed by atoms with E-state index < -0.39 is 35.2 Å². The first-order valence-electron chi connectivity index (χ1n) is 13.3. The van der Waals surface area contributed by atoms with Crippen molar-refractivity contribution < 1.29 is 36.7 Å². The third-order valence-electron chi connectivity index (χ3n) is 6.28. The van der Waals surface area contributed by atoms with Crippen molar-refractivity contribution >= 4 is 29.8 Å². The predicted octanol–water partition coefficient (Wildman–Crippen LogP) is 6.16. The Morgan fingerprint density at radius 2 is 1.88 bits per heavy atom. The number of amides is 2. The molecule has 1 aliphatic carbocycles. The van der Waals surface area contributed by atoms with Crippen LogP contribution in [-0.4, -0.2) is 50.2 Å². The molecule has 1 aromatic carbocycles. The number of nitrogens with zero attached hydrogens (tertiary/aromatic N) is 5. The Kier molecular flexibility index (Phi) is 7.78. The van der Waals surface area contributed by atoms with Gasteiger partial charge in [-0.25, -0.2) is 19.4 Å². The Labute approximate surface area is 243 Å². The average molecular weight is 597 g/mol. The Bertz CT molecular complexity index is 1650. The maximum atomic E-state index is 13.8. The molecule has 11 nitrogen and oxygen atoms in total. The van der Waals surface area contributed by atoms with Gasteiger partial charge >= 0.3 is 12.3 Å². The summed E-state index contributed by atoms with van der Waals surface area (Å²) in [5.41, 5.74) is -1.95. The van der Waals surface area contributed by atoms with Crippen molar-refractivity contribution in [1.29, 1.82) is 0 Å². The number of hydrogen-bond donors (Lipinski definition) is 1. The van der Waals surface area contributed by atoms with Crippen LogP contribution in [0, 0.1) is 5.92 Å². The van der Waals surface area contributed by atoms with Crippen LogP contribution in [0.4, 0.5) is 29.5 Å². The summed E-state index contributed by atoms with van der Waals surface area (Å²) in [5.74, 6) is -0.343. The minimum absolute atomic E-state index is 0.00799. The van der Waals surface area contributed by atoms with Crippen molar-refractivity contribution in [3.05, 3.63) is 72.0 Å². The highest BCUT2D eigenvalue weighted by Gasteiger charge is 2.38. The first-order chi connectivity index (χ1) is 20.3. The van der Waals surface area contributed by atoms with Gasteiger partial charge in [0.25, 0.3) is 5.91 Å². The van der Waals surface area contributed by atoms with Crippen LogP contribution in [0.1, 0.15) is 60.2 Å². The van der Waals surface area contributed by atoms with Gasteiger partial charge in [-0.1, -0.05) is 0 Å². The van der Waals surface area contributed by atoms with Crippen LogP contribution in [0.15, 0.2) is 59.5 Å². The van der Waals surface area contributed by atoms with E-state index in [0.29, 0.717) is 35.7 Å². The fraction of sp³-hybridized carbons (Fsp3) is 0.310. The van der Waals surface area contributed by atoms with Gasteiger partial charge in [0, 0.05) is 23.9 Å². The van der Waals surface area contributed by atoms with Crippen molar-refractivity contribution in [3.8, 4) is 17.1 Å². The zero-order valence-electron chi connectivity index (χ0n) is 23.4. The van der Waals surface area contributed by atoms with Crippen LogP contribution in [-0.2, 0) is 10.9 Å². The van der Waals surface area contributed by atoms with E-state index in [-0.39, 0.29) is 17.3 Å². The van der Waals surface area contributed by atoms with Crippen LogP contribution in [0.3, 0.4) is 0 Å². The van der Waals surface area contributed by atoms with Gasteiger partial charge in [-0.3, -0.25) is 14.5 Å². The number of pyridine rings is 1. The number of aldehydes is 1. The van der Waals surface area contributed by atoms with Gasteiger partial charge in [-0.05, 0) is 75.9 Å². The van der Waals surface area contributed by atoms with Gasteiger partial charge in [0.05, 0.1) is 17.6 Å². The molecule has 43 heavy (non-hydrogen) atoms. The Morgan fingerprint density at radius 3 is 2.51 bits per heavy atom. The summed E-state index contributed by atoms with van der Waals surface area (Å²) >= 11 is 0. The van der Waals surface area contributed by atoms with E-state index in [0.717, 1.165) is 30.0 Å². The normalized spacial score (nSPS) is 13.4. The molecule has 0 spiro atoms. The number of anilines is 2. The number of hydrogen-bond acceptors (Lipinski definition) is 8. The second-order valence-electron chi connectivity index (χ2n) is 11.0. The molecule has 0 radical (unpaired) electrons. The maximum absolute atomic E-state index is 13.8. The highest BCUT2D eigenvalue weighted by atomic mass is 19.4. The summed E-state index contributed by atoms with van der Waals surface area (Å²) in [5, 5.41) is 5.79. The van der Waals surface area contributed by atoms with E-state index >= 15 is 0 Å². The summed E-state index contributed by atoms with van der Waals surface area (Å²) < 4.78 is 53.2. The second-order valence-corrected chi connectivity index (χ2v) is 11.0. The molecule has 5 rings (SSSR count). The number of halogens is 3. The van der Waals surface area contributed by atoms with Crippen LogP contribution in [0.5, 0.6) is 0 Å². The SMILES string of the molecule is CC(C)(C)OC(=O)N(CC1CC1)c1cc(-c2nc(C(=O)Nc3cn(-c4ccc(C=O)cc4)nc3C(F)(F)F)co2)ccn1. The van der Waals surface area contributed by atoms with Crippen LogP contribution >= 0.6 is 0 Å². The molecule has 0 atom stereocenters. The number of nitrogens with one attached hydrogen (secondary N) is 1. The molecule has 0 unspecified atom stereocenters. The van der Waals surface area contributed by atoms with Gasteiger partial charge in [0.15, 0.2) is 11.4 Å². The van der Waals surface area contributed by atoms with Crippen molar-refractivity contribution in [2.75, 3.05) is 16.8 Å². The van der Waals surface area contributed by atoms with Gasteiger partial charge in [0.1, 0.15) is 24.0 Å². The summed E-state index contributed by atoms with van der Waals surface area (Å²) in [6.45, 7) is 5.70. The first-order valence-corrected chi connectivity index (χ1v) is 13.3. The lowest BCUT2D eigenvalue weighted by Gasteiger charge is -2.27. The lowest BCUT2D eigenvalue weighted by molar-refractivity contribution is -0.140. The molecule has 1 fully saturated rings. The molecule has 2 amide bonds. The highest BCUT2D eigenvalue weighted by molar-refractivity contribution is 6.03. The molecule has 0 saturated heterocycles. The zero-order valence-corrected chi connectivity index (χ0v) is 23.4. The minimum atomic E-state index is -4.88.